The Labute approximate surface area is 134 Å². The maximum atomic E-state index is 6.02. The average Bonchev–Trinajstić information content (AvgIpc) is 2.57. The highest BCUT2D eigenvalue weighted by Crippen LogP contribution is 2.38. The van der Waals surface area contributed by atoms with Crippen LogP contribution in [0.15, 0.2) is 22.5 Å². The molecule has 0 aromatic carbocycles. The summed E-state index contributed by atoms with van der Waals surface area (Å²) in [6.07, 6.45) is 5.26. The molecule has 108 valence electrons. The van der Waals surface area contributed by atoms with Crippen LogP contribution < -0.4 is 0 Å². The average molecular weight is 357 g/mol. The summed E-state index contributed by atoms with van der Waals surface area (Å²) in [6.45, 7) is 8.12. The van der Waals surface area contributed by atoms with Crippen LogP contribution in [0, 0.1) is 0 Å². The molecule has 1 aliphatic heterocycles. The number of hydrogen-bond acceptors (Lipinski definition) is 5. The van der Waals surface area contributed by atoms with Gasteiger partial charge in [0, 0.05) is 5.75 Å². The molecule has 0 radical (unpaired) electrons. The molecule has 1 aromatic rings. The Morgan fingerprint density at radius 3 is 2.30 bits per heavy atom. The summed E-state index contributed by atoms with van der Waals surface area (Å²) in [5.41, 5.74) is 0.978. The normalized spacial score (nSPS) is 21.3. The molecular formula is C13H18BBrN2O2S. The van der Waals surface area contributed by atoms with Crippen molar-refractivity contribution in [3.63, 3.8) is 0 Å². The van der Waals surface area contributed by atoms with Gasteiger partial charge in [-0.15, -0.1) is 0 Å². The van der Waals surface area contributed by atoms with Crippen molar-refractivity contribution in [2.45, 2.75) is 38.9 Å². The second-order valence-electron chi connectivity index (χ2n) is 5.73. The monoisotopic (exact) mass is 356 g/mol. The summed E-state index contributed by atoms with van der Waals surface area (Å²) in [4.78, 5) is 8.43. The highest BCUT2D eigenvalue weighted by molar-refractivity contribution is 9.10. The molecule has 1 aliphatic rings. The molecule has 0 saturated carbocycles. The van der Waals surface area contributed by atoms with Crippen molar-refractivity contribution in [3.05, 3.63) is 28.2 Å². The van der Waals surface area contributed by atoms with E-state index in [1.807, 2.05) is 33.8 Å². The zero-order valence-electron chi connectivity index (χ0n) is 12.1. The molecular weight excluding hydrogens is 339 g/mol. The molecule has 4 nitrogen and oxygen atoms in total. The fourth-order valence-corrected chi connectivity index (χ4v) is 2.21. The Bertz CT molecular complexity index is 504. The number of hydrogen-bond donors (Lipinski definition) is 1. The van der Waals surface area contributed by atoms with Crippen LogP contribution in [0.5, 0.6) is 0 Å². The summed E-state index contributed by atoms with van der Waals surface area (Å²) in [6, 6.07) is 0. The first-order valence-corrected chi connectivity index (χ1v) is 7.82. The number of thiol groups is 1. The molecule has 0 bridgehead atoms. The summed E-state index contributed by atoms with van der Waals surface area (Å²) < 4.78 is 12.7. The smallest absolute Gasteiger partial charge is 0.400 e. The molecule has 2 rings (SSSR count). The van der Waals surface area contributed by atoms with Crippen LogP contribution >= 0.6 is 28.6 Å². The lowest BCUT2D eigenvalue weighted by Gasteiger charge is -2.32. The Kier molecular flexibility index (Phi) is 4.64. The van der Waals surface area contributed by atoms with Crippen molar-refractivity contribution in [2.75, 3.05) is 5.75 Å². The zero-order valence-corrected chi connectivity index (χ0v) is 14.5. The summed E-state index contributed by atoms with van der Waals surface area (Å²) in [7, 11) is -0.400. The topological polar surface area (TPSA) is 44.2 Å². The molecule has 2 heterocycles. The SMILES string of the molecule is CC1(C)OB(C(=Cc2cnc(Br)cn2)CS)OC1(C)C. The van der Waals surface area contributed by atoms with Gasteiger partial charge in [-0.2, -0.15) is 12.6 Å². The Morgan fingerprint density at radius 1 is 1.25 bits per heavy atom. The molecule has 0 unspecified atom stereocenters. The van der Waals surface area contributed by atoms with Gasteiger partial charge >= 0.3 is 7.12 Å². The van der Waals surface area contributed by atoms with Crippen molar-refractivity contribution in [2.24, 2.45) is 0 Å². The predicted molar refractivity (Wildman–Crippen MR) is 87.6 cm³/mol. The van der Waals surface area contributed by atoms with E-state index in [1.54, 1.807) is 12.4 Å². The first kappa shape index (κ1) is 16.0. The van der Waals surface area contributed by atoms with E-state index in [9.17, 15) is 0 Å². The van der Waals surface area contributed by atoms with Crippen LogP contribution in [-0.2, 0) is 9.31 Å². The quantitative estimate of drug-likeness (QED) is 0.667. The van der Waals surface area contributed by atoms with Gasteiger partial charge in [-0.1, -0.05) is 0 Å². The maximum Gasteiger partial charge on any atom is 0.491 e. The van der Waals surface area contributed by atoms with E-state index < -0.39 is 7.12 Å². The zero-order chi connectivity index (χ0) is 15.0. The van der Waals surface area contributed by atoms with Crippen molar-refractivity contribution in [3.8, 4) is 0 Å². The summed E-state index contributed by atoms with van der Waals surface area (Å²) in [5.74, 6) is 0.536. The van der Waals surface area contributed by atoms with Gasteiger partial charge in [0.05, 0.1) is 29.3 Å². The van der Waals surface area contributed by atoms with E-state index in [4.69, 9.17) is 9.31 Å². The van der Waals surface area contributed by atoms with E-state index >= 15 is 0 Å². The second kappa shape index (κ2) is 5.79. The van der Waals surface area contributed by atoms with E-state index in [1.165, 1.54) is 0 Å². The Morgan fingerprint density at radius 2 is 1.85 bits per heavy atom. The highest BCUT2D eigenvalue weighted by atomic mass is 79.9. The number of nitrogens with zero attached hydrogens (tertiary/aromatic N) is 2. The van der Waals surface area contributed by atoms with Gasteiger partial charge in [0.15, 0.2) is 0 Å². The minimum absolute atomic E-state index is 0.356. The molecule has 7 heteroatoms. The third kappa shape index (κ3) is 3.27. The second-order valence-corrected chi connectivity index (χ2v) is 6.86. The van der Waals surface area contributed by atoms with E-state index in [2.05, 4.69) is 38.5 Å². The van der Waals surface area contributed by atoms with E-state index in [0.717, 1.165) is 11.2 Å². The third-order valence-electron chi connectivity index (χ3n) is 3.71. The largest absolute Gasteiger partial charge is 0.491 e. The van der Waals surface area contributed by atoms with Crippen LogP contribution in [-0.4, -0.2) is 34.0 Å². The molecule has 1 saturated heterocycles. The molecule has 20 heavy (non-hydrogen) atoms. The molecule has 0 aliphatic carbocycles. The van der Waals surface area contributed by atoms with E-state index in [-0.39, 0.29) is 11.2 Å². The van der Waals surface area contributed by atoms with Gasteiger partial charge in [0.25, 0.3) is 0 Å². The first-order chi connectivity index (χ1) is 9.25. The summed E-state index contributed by atoms with van der Waals surface area (Å²) >= 11 is 7.64. The lowest BCUT2D eigenvalue weighted by molar-refractivity contribution is 0.00578. The van der Waals surface area contributed by atoms with Crippen LogP contribution in [0.25, 0.3) is 6.08 Å². The van der Waals surface area contributed by atoms with Gasteiger partial charge in [-0.05, 0) is 55.2 Å². The van der Waals surface area contributed by atoms with Crippen LogP contribution in [0.4, 0.5) is 0 Å². The molecule has 0 spiro atoms. The van der Waals surface area contributed by atoms with Crippen LogP contribution in [0.3, 0.4) is 0 Å². The molecule has 0 atom stereocenters. The number of rotatable bonds is 3. The van der Waals surface area contributed by atoms with Gasteiger partial charge < -0.3 is 9.31 Å². The van der Waals surface area contributed by atoms with Crippen LogP contribution in [0.2, 0.25) is 0 Å². The van der Waals surface area contributed by atoms with Gasteiger partial charge in [-0.25, -0.2) is 4.98 Å². The van der Waals surface area contributed by atoms with E-state index in [0.29, 0.717) is 10.4 Å². The van der Waals surface area contributed by atoms with Crippen LogP contribution in [0.1, 0.15) is 33.4 Å². The van der Waals surface area contributed by atoms with Crippen molar-refractivity contribution in [1.82, 2.24) is 9.97 Å². The molecule has 1 fully saturated rings. The summed E-state index contributed by atoms with van der Waals surface area (Å²) in [5, 5.41) is 0. The fraction of sp³-hybridized carbons (Fsp3) is 0.538. The minimum Gasteiger partial charge on any atom is -0.400 e. The minimum atomic E-state index is -0.400. The Balaban J connectivity index is 2.24. The third-order valence-corrected chi connectivity index (χ3v) is 4.49. The standard InChI is InChI=1S/C13H18BBrN2O2S/c1-12(2)13(3,4)19-14(18-12)9(8-20)5-10-6-17-11(15)7-16-10/h5-7,20H,8H2,1-4H3. The number of aromatic nitrogens is 2. The van der Waals surface area contributed by atoms with Gasteiger partial charge in [0.2, 0.25) is 0 Å². The highest BCUT2D eigenvalue weighted by Gasteiger charge is 2.52. The number of halogens is 1. The lowest BCUT2D eigenvalue weighted by atomic mass is 9.78. The molecule has 1 aromatic heterocycles. The predicted octanol–water partition coefficient (Wildman–Crippen LogP) is 3.18. The van der Waals surface area contributed by atoms with Crippen molar-refractivity contribution >= 4 is 41.8 Å². The van der Waals surface area contributed by atoms with Crippen molar-refractivity contribution in [1.29, 1.82) is 0 Å². The fourth-order valence-electron chi connectivity index (χ4n) is 1.77. The maximum absolute atomic E-state index is 6.02. The van der Waals surface area contributed by atoms with Crippen molar-refractivity contribution < 1.29 is 9.31 Å². The van der Waals surface area contributed by atoms with Gasteiger partial charge in [-0.3, -0.25) is 4.98 Å². The first-order valence-electron chi connectivity index (χ1n) is 6.40. The molecule has 0 N–H and O–H groups in total. The van der Waals surface area contributed by atoms with Gasteiger partial charge in [0.1, 0.15) is 4.60 Å². The Hall–Kier alpha value is -0.365. The lowest BCUT2D eigenvalue weighted by Crippen LogP contribution is -2.41. The molecule has 0 amide bonds.